The van der Waals surface area contributed by atoms with Crippen molar-refractivity contribution in [2.75, 3.05) is 29.4 Å². The molecule has 0 bridgehead atoms. The number of carbonyl (C=O) groups is 2. The number of rotatable bonds is 7. The number of hydrogen-bond donors (Lipinski definition) is 1. The summed E-state index contributed by atoms with van der Waals surface area (Å²) in [5.74, 6) is 0.163. The number of aromatic nitrogens is 2. The van der Waals surface area contributed by atoms with E-state index in [1.54, 1.807) is 4.90 Å². The molecule has 1 aromatic heterocycles. The number of nitrogens with zero attached hydrogens (tertiary/aromatic N) is 4. The number of carbonyl (C=O) groups excluding carboxylic acids is 2. The molecule has 0 aliphatic carbocycles. The molecule has 28 heavy (non-hydrogen) atoms. The van der Waals surface area contributed by atoms with Crippen molar-refractivity contribution >= 4 is 33.4 Å². The number of aryl methyl sites for hydroxylation is 1. The quantitative estimate of drug-likeness (QED) is 0.724. The fourth-order valence-electron chi connectivity index (χ4n) is 3.82. The van der Waals surface area contributed by atoms with Gasteiger partial charge in [0.25, 0.3) is 0 Å². The first-order chi connectivity index (χ1) is 13.7. The molecule has 2 saturated heterocycles. The van der Waals surface area contributed by atoms with Crippen molar-refractivity contribution in [2.24, 2.45) is 0 Å². The van der Waals surface area contributed by atoms with Gasteiger partial charge in [-0.25, -0.2) is 0 Å². The Balaban J connectivity index is 1.31. The summed E-state index contributed by atoms with van der Waals surface area (Å²) in [5.41, 5.74) is 1.29. The van der Waals surface area contributed by atoms with Gasteiger partial charge in [-0.2, -0.15) is 0 Å². The molecule has 0 radical (unpaired) electrons. The van der Waals surface area contributed by atoms with Crippen molar-refractivity contribution in [1.82, 2.24) is 15.5 Å². The lowest BCUT2D eigenvalue weighted by atomic mass is 10.1. The molecule has 2 amide bonds. The van der Waals surface area contributed by atoms with Crippen LogP contribution in [-0.4, -0.2) is 47.7 Å². The third-order valence-corrected chi connectivity index (χ3v) is 6.28. The molecule has 2 aliphatic heterocycles. The van der Waals surface area contributed by atoms with E-state index in [2.05, 4.69) is 27.6 Å². The van der Waals surface area contributed by atoms with Gasteiger partial charge in [-0.05, 0) is 37.7 Å². The maximum atomic E-state index is 12.7. The molecule has 0 spiro atoms. The second kappa shape index (κ2) is 8.68. The summed E-state index contributed by atoms with van der Waals surface area (Å²) in [5, 5.41) is 12.9. The van der Waals surface area contributed by atoms with Gasteiger partial charge < -0.3 is 10.2 Å². The zero-order chi connectivity index (χ0) is 19.3. The first kappa shape index (κ1) is 18.9. The van der Waals surface area contributed by atoms with Crippen LogP contribution in [0.15, 0.2) is 30.3 Å². The zero-order valence-corrected chi connectivity index (χ0v) is 16.7. The van der Waals surface area contributed by atoms with Crippen LogP contribution in [0.2, 0.25) is 0 Å². The monoisotopic (exact) mass is 399 g/mol. The van der Waals surface area contributed by atoms with Crippen molar-refractivity contribution < 1.29 is 9.59 Å². The molecule has 148 valence electrons. The molecule has 2 fully saturated rings. The molecule has 1 atom stereocenters. The topological polar surface area (TPSA) is 78.4 Å². The lowest BCUT2D eigenvalue weighted by Crippen LogP contribution is -2.43. The second-order valence-corrected chi connectivity index (χ2v) is 8.18. The fraction of sp³-hybridized carbons (Fsp3) is 0.500. The van der Waals surface area contributed by atoms with E-state index in [0.29, 0.717) is 24.6 Å². The normalized spacial score (nSPS) is 19.4. The largest absolute Gasteiger partial charge is 0.354 e. The van der Waals surface area contributed by atoms with E-state index in [-0.39, 0.29) is 17.9 Å². The van der Waals surface area contributed by atoms with E-state index in [0.717, 1.165) is 43.8 Å². The molecule has 3 heterocycles. The highest BCUT2D eigenvalue weighted by Crippen LogP contribution is 2.33. The van der Waals surface area contributed by atoms with Gasteiger partial charge in [0.05, 0.1) is 0 Å². The summed E-state index contributed by atoms with van der Waals surface area (Å²) in [6.45, 7) is 2.17. The summed E-state index contributed by atoms with van der Waals surface area (Å²) in [6.07, 6.45) is 5.10. The van der Waals surface area contributed by atoms with E-state index in [4.69, 9.17) is 0 Å². The van der Waals surface area contributed by atoms with Crippen LogP contribution in [0.4, 0.5) is 10.3 Å². The van der Waals surface area contributed by atoms with Crippen LogP contribution in [0.5, 0.6) is 0 Å². The Morgan fingerprint density at radius 3 is 2.75 bits per heavy atom. The van der Waals surface area contributed by atoms with Crippen molar-refractivity contribution in [3.63, 3.8) is 0 Å². The van der Waals surface area contributed by atoms with E-state index in [1.807, 2.05) is 23.1 Å². The molecule has 2 aromatic rings. The first-order valence-electron chi connectivity index (χ1n) is 9.94. The molecule has 1 aromatic carbocycles. The summed E-state index contributed by atoms with van der Waals surface area (Å²) in [6, 6.07) is 10.1. The van der Waals surface area contributed by atoms with Crippen molar-refractivity contribution in [2.45, 2.75) is 44.6 Å². The molecule has 0 unspecified atom stereocenters. The minimum absolute atomic E-state index is 0.0551. The van der Waals surface area contributed by atoms with Crippen LogP contribution in [0.1, 0.15) is 37.7 Å². The van der Waals surface area contributed by atoms with E-state index < -0.39 is 0 Å². The highest BCUT2D eigenvalue weighted by Gasteiger charge is 2.34. The van der Waals surface area contributed by atoms with E-state index in [9.17, 15) is 9.59 Å². The summed E-state index contributed by atoms with van der Waals surface area (Å²) >= 11 is 1.41. The third kappa shape index (κ3) is 4.16. The van der Waals surface area contributed by atoms with Crippen molar-refractivity contribution in [3.8, 4) is 0 Å². The van der Waals surface area contributed by atoms with Crippen molar-refractivity contribution in [1.29, 1.82) is 0 Å². The van der Waals surface area contributed by atoms with Gasteiger partial charge in [-0.1, -0.05) is 41.7 Å². The van der Waals surface area contributed by atoms with Gasteiger partial charge in [0.2, 0.25) is 22.1 Å². The van der Waals surface area contributed by atoms with Gasteiger partial charge >= 0.3 is 0 Å². The van der Waals surface area contributed by atoms with Crippen LogP contribution < -0.4 is 15.1 Å². The third-order valence-electron chi connectivity index (χ3n) is 5.29. The maximum Gasteiger partial charge on any atom is 0.242 e. The summed E-state index contributed by atoms with van der Waals surface area (Å²) in [7, 11) is 0. The molecule has 4 rings (SSSR count). The van der Waals surface area contributed by atoms with Crippen LogP contribution in [0.3, 0.4) is 0 Å². The maximum absolute atomic E-state index is 12.7. The molecule has 1 N–H and O–H groups in total. The molecule has 0 saturated carbocycles. The fourth-order valence-corrected chi connectivity index (χ4v) is 4.78. The number of amides is 2. The van der Waals surface area contributed by atoms with Gasteiger partial charge in [0.15, 0.2) is 0 Å². The SMILES string of the molecule is O=C(NCCCc1ccccc1)[C@H]1CCCN1c1nnc(N2CCCC2=O)s1. The Morgan fingerprint density at radius 2 is 1.96 bits per heavy atom. The van der Waals surface area contributed by atoms with Gasteiger partial charge in [0, 0.05) is 26.1 Å². The number of hydrogen-bond acceptors (Lipinski definition) is 6. The van der Waals surface area contributed by atoms with Crippen LogP contribution in [-0.2, 0) is 16.0 Å². The Bertz CT molecular complexity index is 825. The highest BCUT2D eigenvalue weighted by molar-refractivity contribution is 7.19. The summed E-state index contributed by atoms with van der Waals surface area (Å²) in [4.78, 5) is 28.3. The van der Waals surface area contributed by atoms with Crippen LogP contribution in [0, 0.1) is 0 Å². The van der Waals surface area contributed by atoms with Gasteiger partial charge in [-0.15, -0.1) is 10.2 Å². The van der Waals surface area contributed by atoms with Crippen molar-refractivity contribution in [3.05, 3.63) is 35.9 Å². The molecular formula is C20H25N5O2S. The smallest absolute Gasteiger partial charge is 0.242 e. The van der Waals surface area contributed by atoms with Gasteiger partial charge in [0.1, 0.15) is 6.04 Å². The number of nitrogens with one attached hydrogen (secondary N) is 1. The molecule has 8 heteroatoms. The molecular weight excluding hydrogens is 374 g/mol. The number of anilines is 2. The molecule has 7 nitrogen and oxygen atoms in total. The van der Waals surface area contributed by atoms with Crippen LogP contribution >= 0.6 is 11.3 Å². The first-order valence-corrected chi connectivity index (χ1v) is 10.8. The van der Waals surface area contributed by atoms with E-state index >= 15 is 0 Å². The average molecular weight is 400 g/mol. The Hall–Kier alpha value is -2.48. The minimum atomic E-state index is -0.202. The average Bonchev–Trinajstić information content (AvgIpc) is 3.45. The zero-order valence-electron chi connectivity index (χ0n) is 15.8. The lowest BCUT2D eigenvalue weighted by molar-refractivity contribution is -0.122. The summed E-state index contributed by atoms with van der Waals surface area (Å²) < 4.78 is 0. The Kier molecular flexibility index (Phi) is 5.85. The van der Waals surface area contributed by atoms with E-state index in [1.165, 1.54) is 16.9 Å². The Labute approximate surface area is 168 Å². The highest BCUT2D eigenvalue weighted by atomic mass is 32.1. The second-order valence-electron chi connectivity index (χ2n) is 7.25. The minimum Gasteiger partial charge on any atom is -0.354 e. The van der Waals surface area contributed by atoms with Crippen LogP contribution in [0.25, 0.3) is 0 Å². The lowest BCUT2D eigenvalue weighted by Gasteiger charge is -2.22. The Morgan fingerprint density at radius 1 is 1.14 bits per heavy atom. The molecule has 2 aliphatic rings. The standard InChI is InChI=1S/C20H25N5O2S/c26-17-11-6-14-25(17)20-23-22-19(28-20)24-13-5-10-16(24)18(27)21-12-4-9-15-7-2-1-3-8-15/h1-3,7-8,16H,4-6,9-14H2,(H,21,27)/t16-/m1/s1. The predicted molar refractivity (Wildman–Crippen MR) is 110 cm³/mol. The number of benzene rings is 1. The van der Waals surface area contributed by atoms with Gasteiger partial charge in [-0.3, -0.25) is 14.5 Å². The predicted octanol–water partition coefficient (Wildman–Crippen LogP) is 2.38.